The number of fused-ring (bicyclic) bond motifs is 1. The fourth-order valence-electron chi connectivity index (χ4n) is 3.22. The quantitative estimate of drug-likeness (QED) is 0.571. The van der Waals surface area contributed by atoms with E-state index in [4.69, 9.17) is 0 Å². The third-order valence-corrected chi connectivity index (χ3v) is 6.22. The number of benzene rings is 1. The molecule has 0 aliphatic heterocycles. The second kappa shape index (κ2) is 9.33. The Morgan fingerprint density at radius 1 is 1.14 bits per heavy atom. The van der Waals surface area contributed by atoms with Crippen molar-refractivity contribution >= 4 is 27.5 Å². The zero-order chi connectivity index (χ0) is 21.0. The molecule has 6 nitrogen and oxygen atoms in total. The second-order valence-electron chi connectivity index (χ2n) is 7.56. The number of amides is 1. The van der Waals surface area contributed by atoms with Crippen LogP contribution in [0.2, 0.25) is 0 Å². The largest absolute Gasteiger partial charge is 0.337 e. The van der Waals surface area contributed by atoms with E-state index in [1.54, 1.807) is 10.9 Å². The van der Waals surface area contributed by atoms with E-state index < -0.39 is 0 Å². The van der Waals surface area contributed by atoms with Gasteiger partial charge in [0.25, 0.3) is 5.56 Å². The third-order valence-electron chi connectivity index (χ3n) is 5.11. The van der Waals surface area contributed by atoms with Gasteiger partial charge in [0.05, 0.1) is 11.7 Å². The summed E-state index contributed by atoms with van der Waals surface area (Å²) >= 11 is 1.54. The van der Waals surface area contributed by atoms with Gasteiger partial charge in [0.1, 0.15) is 4.83 Å². The van der Waals surface area contributed by atoms with Crippen molar-refractivity contribution < 1.29 is 4.79 Å². The fourth-order valence-corrected chi connectivity index (χ4v) is 4.21. The van der Waals surface area contributed by atoms with Gasteiger partial charge in [0.15, 0.2) is 0 Å². The molecule has 2 heterocycles. The van der Waals surface area contributed by atoms with E-state index in [1.165, 1.54) is 11.3 Å². The molecule has 29 heavy (non-hydrogen) atoms. The highest BCUT2D eigenvalue weighted by atomic mass is 32.1. The zero-order valence-corrected chi connectivity index (χ0v) is 18.3. The van der Waals surface area contributed by atoms with Gasteiger partial charge in [-0.25, -0.2) is 4.98 Å². The van der Waals surface area contributed by atoms with Gasteiger partial charge < -0.3 is 9.80 Å². The minimum Gasteiger partial charge on any atom is -0.337 e. The number of hydrogen-bond donors (Lipinski definition) is 0. The first-order chi connectivity index (χ1) is 13.9. The number of rotatable bonds is 8. The van der Waals surface area contributed by atoms with Crippen LogP contribution in [0.5, 0.6) is 0 Å². The number of thiophene rings is 1. The van der Waals surface area contributed by atoms with E-state index in [0.717, 1.165) is 27.4 Å². The number of carbonyl (C=O) groups excluding carboxylic acids is 1. The Morgan fingerprint density at radius 3 is 2.55 bits per heavy atom. The first kappa shape index (κ1) is 21.2. The maximum atomic E-state index is 13.0. The number of nitrogens with zero attached hydrogens (tertiary/aromatic N) is 4. The predicted octanol–water partition coefficient (Wildman–Crippen LogP) is 3.06. The summed E-state index contributed by atoms with van der Waals surface area (Å²) in [6, 6.07) is 9.99. The van der Waals surface area contributed by atoms with Crippen molar-refractivity contribution in [3.8, 4) is 0 Å². The molecule has 0 bridgehead atoms. The Kier molecular flexibility index (Phi) is 6.82. The van der Waals surface area contributed by atoms with E-state index >= 15 is 0 Å². The van der Waals surface area contributed by atoms with Crippen molar-refractivity contribution in [3.05, 3.63) is 63.0 Å². The summed E-state index contributed by atoms with van der Waals surface area (Å²) in [4.78, 5) is 36.0. The number of hydrogen-bond acceptors (Lipinski definition) is 5. The summed E-state index contributed by atoms with van der Waals surface area (Å²) in [7, 11) is 3.99. The average molecular weight is 413 g/mol. The number of carbonyl (C=O) groups is 1. The molecule has 0 fully saturated rings. The van der Waals surface area contributed by atoms with E-state index in [0.29, 0.717) is 25.0 Å². The minimum atomic E-state index is -0.0625. The van der Waals surface area contributed by atoms with E-state index in [2.05, 4.69) is 9.88 Å². The molecular weight excluding hydrogens is 384 g/mol. The lowest BCUT2D eigenvalue weighted by molar-refractivity contribution is -0.132. The molecule has 0 unspecified atom stereocenters. The van der Waals surface area contributed by atoms with Crippen LogP contribution >= 0.6 is 11.3 Å². The van der Waals surface area contributed by atoms with E-state index in [9.17, 15) is 9.59 Å². The Hall–Kier alpha value is -2.51. The molecule has 0 N–H and O–H groups in total. The van der Waals surface area contributed by atoms with Gasteiger partial charge in [-0.2, -0.15) is 0 Å². The normalized spacial score (nSPS) is 11.3. The molecule has 0 saturated carbocycles. The van der Waals surface area contributed by atoms with Crippen LogP contribution in [0.3, 0.4) is 0 Å². The van der Waals surface area contributed by atoms with Crippen LogP contribution in [0, 0.1) is 13.8 Å². The first-order valence-electron chi connectivity index (χ1n) is 9.78. The zero-order valence-electron chi connectivity index (χ0n) is 17.5. The summed E-state index contributed by atoms with van der Waals surface area (Å²) in [5, 5.41) is 0.677. The smallest absolute Gasteiger partial charge is 0.262 e. The molecule has 3 rings (SSSR count). The van der Waals surface area contributed by atoms with Crippen molar-refractivity contribution in [2.24, 2.45) is 0 Å². The van der Waals surface area contributed by atoms with Crippen LogP contribution in [0.25, 0.3) is 10.2 Å². The highest BCUT2D eigenvalue weighted by Crippen LogP contribution is 2.25. The topological polar surface area (TPSA) is 58.4 Å². The molecule has 1 amide bonds. The summed E-state index contributed by atoms with van der Waals surface area (Å²) in [6.07, 6.45) is 1.84. The van der Waals surface area contributed by atoms with Gasteiger partial charge in [-0.15, -0.1) is 11.3 Å². The summed E-state index contributed by atoms with van der Waals surface area (Å²) in [5.74, 6) is 0.0425. The Balaban J connectivity index is 1.73. The average Bonchev–Trinajstić information content (AvgIpc) is 2.99. The van der Waals surface area contributed by atoms with Crippen LogP contribution in [0.1, 0.15) is 22.4 Å². The van der Waals surface area contributed by atoms with Crippen LogP contribution in [0.15, 0.2) is 41.5 Å². The van der Waals surface area contributed by atoms with Crippen LogP contribution in [0.4, 0.5) is 0 Å². The minimum absolute atomic E-state index is 0.0425. The fraction of sp³-hybridized carbons (Fsp3) is 0.409. The Bertz CT molecular complexity index is 1040. The second-order valence-corrected chi connectivity index (χ2v) is 8.76. The van der Waals surface area contributed by atoms with Crippen molar-refractivity contribution in [2.45, 2.75) is 33.4 Å². The molecule has 0 atom stereocenters. The van der Waals surface area contributed by atoms with Crippen molar-refractivity contribution in [1.82, 2.24) is 19.4 Å². The third kappa shape index (κ3) is 5.10. The molecule has 0 aliphatic rings. The van der Waals surface area contributed by atoms with Gasteiger partial charge in [0.2, 0.25) is 5.91 Å². The molecule has 3 aromatic rings. The molecule has 0 radical (unpaired) electrons. The van der Waals surface area contributed by atoms with Crippen molar-refractivity contribution in [2.75, 3.05) is 27.2 Å². The monoisotopic (exact) mass is 412 g/mol. The summed E-state index contributed by atoms with van der Waals surface area (Å²) in [6.45, 7) is 6.30. The molecule has 0 spiro atoms. The molecule has 0 saturated heterocycles. The van der Waals surface area contributed by atoms with Crippen LogP contribution in [-0.2, 0) is 17.9 Å². The highest BCUT2D eigenvalue weighted by Gasteiger charge is 2.16. The SMILES string of the molecule is Cc1sc2ncn(CCC(=O)N(CCN(C)C)Cc3ccccc3)c(=O)c2c1C. The lowest BCUT2D eigenvalue weighted by atomic mass is 10.2. The number of likely N-dealkylation sites (N-methyl/N-ethyl adjacent to an activating group) is 1. The maximum Gasteiger partial charge on any atom is 0.262 e. The van der Waals surface area contributed by atoms with Crippen molar-refractivity contribution in [3.63, 3.8) is 0 Å². The lowest BCUT2D eigenvalue weighted by Crippen LogP contribution is -2.37. The van der Waals surface area contributed by atoms with Gasteiger partial charge in [-0.3, -0.25) is 14.2 Å². The van der Waals surface area contributed by atoms with Crippen molar-refractivity contribution in [1.29, 1.82) is 0 Å². The predicted molar refractivity (Wildman–Crippen MR) is 118 cm³/mol. The summed E-state index contributed by atoms with van der Waals surface area (Å²) in [5.41, 5.74) is 2.02. The molecular formula is C22H28N4O2S. The molecule has 0 aliphatic carbocycles. The van der Waals surface area contributed by atoms with E-state index in [-0.39, 0.29) is 17.9 Å². The summed E-state index contributed by atoms with van der Waals surface area (Å²) < 4.78 is 1.56. The maximum absolute atomic E-state index is 13.0. The number of aryl methyl sites for hydroxylation is 3. The Morgan fingerprint density at radius 2 is 1.86 bits per heavy atom. The highest BCUT2D eigenvalue weighted by molar-refractivity contribution is 7.18. The lowest BCUT2D eigenvalue weighted by Gasteiger charge is -2.25. The standard InChI is InChI=1S/C22H28N4O2S/c1-16-17(2)29-21-20(16)22(28)26(15-23-21)11-10-19(27)25(13-12-24(3)4)14-18-8-6-5-7-9-18/h5-9,15H,10-14H2,1-4H3. The van der Waals surface area contributed by atoms with Gasteiger partial charge in [-0.1, -0.05) is 30.3 Å². The molecule has 154 valence electrons. The molecule has 1 aromatic carbocycles. The first-order valence-corrected chi connectivity index (χ1v) is 10.6. The van der Waals surface area contributed by atoms with Gasteiger partial charge in [-0.05, 0) is 39.1 Å². The van der Waals surface area contributed by atoms with Crippen LogP contribution in [-0.4, -0.2) is 52.4 Å². The molecule has 7 heteroatoms. The Labute approximate surface area is 175 Å². The van der Waals surface area contributed by atoms with E-state index in [1.807, 2.05) is 63.2 Å². The van der Waals surface area contributed by atoms with Gasteiger partial charge in [0, 0.05) is 37.5 Å². The molecule has 2 aromatic heterocycles. The van der Waals surface area contributed by atoms with Gasteiger partial charge >= 0.3 is 0 Å². The number of aromatic nitrogens is 2. The van der Waals surface area contributed by atoms with Crippen LogP contribution < -0.4 is 5.56 Å².